The van der Waals surface area contributed by atoms with Gasteiger partial charge < -0.3 is 15.9 Å². The monoisotopic (exact) mass is 165 g/mol. The van der Waals surface area contributed by atoms with Crippen molar-refractivity contribution in [2.45, 2.75) is 12.1 Å². The van der Waals surface area contributed by atoms with Crippen LogP contribution in [0.5, 0.6) is 0 Å². The molecular weight excluding hydrogens is 154 g/mol. The van der Waals surface area contributed by atoms with Crippen LogP contribution in [0.15, 0.2) is 0 Å². The highest BCUT2D eigenvalue weighted by atomic mass is 32.2. The van der Waals surface area contributed by atoms with Gasteiger partial charge >= 0.3 is 5.97 Å². The first-order valence-electron chi connectivity index (χ1n) is 2.75. The van der Waals surface area contributed by atoms with Crippen LogP contribution < -0.4 is 5.73 Å². The highest BCUT2D eigenvalue weighted by Crippen LogP contribution is 1.99. The lowest BCUT2D eigenvalue weighted by Gasteiger charge is -2.12. The Morgan fingerprint density at radius 2 is 2.30 bits per heavy atom. The zero-order valence-electron chi connectivity index (χ0n) is 5.65. The molecule has 0 aromatic rings. The molecule has 0 saturated carbocycles. The van der Waals surface area contributed by atoms with Crippen LogP contribution in [0.3, 0.4) is 0 Å². The standard InChI is InChI=1S/C5H11NO3S/c1-10-2-3(7)4(6)5(8)9/h3-4,7H,2,6H2,1H3,(H,8,9)/t3-,4+/m0/s1. The molecule has 0 radical (unpaired) electrons. The lowest BCUT2D eigenvalue weighted by Crippen LogP contribution is -2.43. The van der Waals surface area contributed by atoms with E-state index < -0.39 is 18.1 Å². The van der Waals surface area contributed by atoms with E-state index in [-0.39, 0.29) is 0 Å². The van der Waals surface area contributed by atoms with Crippen LogP contribution in [0.4, 0.5) is 0 Å². The highest BCUT2D eigenvalue weighted by Gasteiger charge is 2.20. The third kappa shape index (κ3) is 3.05. The number of rotatable bonds is 4. The van der Waals surface area contributed by atoms with E-state index >= 15 is 0 Å². The van der Waals surface area contributed by atoms with E-state index in [2.05, 4.69) is 0 Å². The SMILES string of the molecule is CSC[C@H](O)[C@@H](N)C(=O)O. The molecule has 0 aromatic carbocycles. The van der Waals surface area contributed by atoms with Gasteiger partial charge in [-0.25, -0.2) is 0 Å². The maximum absolute atomic E-state index is 10.1. The zero-order valence-corrected chi connectivity index (χ0v) is 6.47. The Bertz CT molecular complexity index is 119. The number of carboxylic acids is 1. The second kappa shape index (κ2) is 4.54. The third-order valence-electron chi connectivity index (χ3n) is 1.04. The molecule has 2 atom stereocenters. The Labute approximate surface area is 63.4 Å². The van der Waals surface area contributed by atoms with Gasteiger partial charge in [0.1, 0.15) is 6.04 Å². The van der Waals surface area contributed by atoms with Gasteiger partial charge in [-0.2, -0.15) is 11.8 Å². The number of hydrogen-bond donors (Lipinski definition) is 3. The van der Waals surface area contributed by atoms with Gasteiger partial charge in [-0.1, -0.05) is 0 Å². The number of aliphatic hydroxyl groups excluding tert-OH is 1. The van der Waals surface area contributed by atoms with Crippen LogP contribution in [-0.4, -0.2) is 40.3 Å². The molecule has 60 valence electrons. The molecule has 0 fully saturated rings. The number of aliphatic carboxylic acids is 1. The molecule has 4 N–H and O–H groups in total. The normalized spacial score (nSPS) is 16.3. The van der Waals surface area contributed by atoms with Gasteiger partial charge in [-0.3, -0.25) is 4.79 Å². The van der Waals surface area contributed by atoms with Crippen LogP contribution in [0.2, 0.25) is 0 Å². The van der Waals surface area contributed by atoms with Crippen LogP contribution in [0.25, 0.3) is 0 Å². The molecule has 5 heteroatoms. The molecule has 0 rings (SSSR count). The minimum Gasteiger partial charge on any atom is -0.480 e. The van der Waals surface area contributed by atoms with Gasteiger partial charge in [0, 0.05) is 5.75 Å². The quantitative estimate of drug-likeness (QED) is 0.504. The first-order chi connectivity index (χ1) is 4.59. The molecule has 0 aliphatic carbocycles. The average molecular weight is 165 g/mol. The van der Waals surface area contributed by atoms with Crippen LogP contribution >= 0.6 is 11.8 Å². The number of hydrogen-bond acceptors (Lipinski definition) is 4. The summed E-state index contributed by atoms with van der Waals surface area (Å²) in [7, 11) is 0. The van der Waals surface area contributed by atoms with E-state index in [4.69, 9.17) is 15.9 Å². The maximum atomic E-state index is 10.1. The number of thioether (sulfide) groups is 1. The molecule has 10 heavy (non-hydrogen) atoms. The van der Waals surface area contributed by atoms with E-state index in [0.717, 1.165) is 0 Å². The van der Waals surface area contributed by atoms with Crippen molar-refractivity contribution in [1.29, 1.82) is 0 Å². The fourth-order valence-corrected chi connectivity index (χ4v) is 0.988. The predicted molar refractivity (Wildman–Crippen MR) is 40.0 cm³/mol. The van der Waals surface area contributed by atoms with Crippen molar-refractivity contribution in [3.63, 3.8) is 0 Å². The van der Waals surface area contributed by atoms with Crippen molar-refractivity contribution in [3.05, 3.63) is 0 Å². The summed E-state index contributed by atoms with van der Waals surface area (Å²) in [6.07, 6.45) is 0.824. The van der Waals surface area contributed by atoms with Gasteiger partial charge in [0.15, 0.2) is 0 Å². The second-order valence-electron chi connectivity index (χ2n) is 1.89. The van der Waals surface area contributed by atoms with Gasteiger partial charge in [-0.15, -0.1) is 0 Å². The first kappa shape index (κ1) is 9.74. The number of carbonyl (C=O) groups is 1. The minimum absolute atomic E-state index is 0.355. The Morgan fingerprint density at radius 1 is 1.80 bits per heavy atom. The molecule has 0 bridgehead atoms. The molecule has 0 heterocycles. The topological polar surface area (TPSA) is 83.5 Å². The largest absolute Gasteiger partial charge is 0.480 e. The second-order valence-corrected chi connectivity index (χ2v) is 2.80. The zero-order chi connectivity index (χ0) is 8.15. The van der Waals surface area contributed by atoms with E-state index in [9.17, 15) is 4.79 Å². The summed E-state index contributed by atoms with van der Waals surface area (Å²) < 4.78 is 0. The lowest BCUT2D eigenvalue weighted by atomic mass is 10.2. The maximum Gasteiger partial charge on any atom is 0.323 e. The van der Waals surface area contributed by atoms with E-state index in [0.29, 0.717) is 5.75 Å². The number of nitrogens with two attached hydrogens (primary N) is 1. The smallest absolute Gasteiger partial charge is 0.323 e. The lowest BCUT2D eigenvalue weighted by molar-refractivity contribution is -0.140. The summed E-state index contributed by atoms with van der Waals surface area (Å²) in [6, 6.07) is -1.16. The number of aliphatic hydroxyl groups is 1. The van der Waals surface area contributed by atoms with Gasteiger partial charge in [0.25, 0.3) is 0 Å². The molecule has 0 spiro atoms. The van der Waals surface area contributed by atoms with Crippen molar-refractivity contribution in [2.75, 3.05) is 12.0 Å². The minimum atomic E-state index is -1.17. The van der Waals surface area contributed by atoms with E-state index in [1.54, 1.807) is 6.26 Å². The number of carboxylic acid groups (broad SMARTS) is 1. The molecule has 0 aliphatic heterocycles. The average Bonchev–Trinajstić information content (AvgIpc) is 1.87. The fourth-order valence-electron chi connectivity index (χ4n) is 0.439. The van der Waals surface area contributed by atoms with Gasteiger partial charge in [0.2, 0.25) is 0 Å². The molecule has 0 amide bonds. The Kier molecular flexibility index (Phi) is 4.42. The molecule has 0 unspecified atom stereocenters. The summed E-state index contributed by atoms with van der Waals surface area (Å²) in [5.41, 5.74) is 5.08. The fraction of sp³-hybridized carbons (Fsp3) is 0.800. The molecule has 4 nitrogen and oxygen atoms in total. The molecular formula is C5H11NO3S. The van der Waals surface area contributed by atoms with Gasteiger partial charge in [0.05, 0.1) is 6.10 Å². The third-order valence-corrected chi connectivity index (χ3v) is 1.71. The van der Waals surface area contributed by atoms with Crippen LogP contribution in [0, 0.1) is 0 Å². The van der Waals surface area contributed by atoms with Gasteiger partial charge in [-0.05, 0) is 6.26 Å². The van der Waals surface area contributed by atoms with Crippen molar-refractivity contribution in [1.82, 2.24) is 0 Å². The van der Waals surface area contributed by atoms with Crippen LogP contribution in [-0.2, 0) is 4.79 Å². The predicted octanol–water partition coefficient (Wildman–Crippen LogP) is -0.878. The van der Waals surface area contributed by atoms with Crippen molar-refractivity contribution in [2.24, 2.45) is 5.73 Å². The molecule has 0 aromatic heterocycles. The van der Waals surface area contributed by atoms with E-state index in [1.165, 1.54) is 11.8 Å². The van der Waals surface area contributed by atoms with Crippen molar-refractivity contribution < 1.29 is 15.0 Å². The first-order valence-corrected chi connectivity index (χ1v) is 4.14. The Hall–Kier alpha value is -0.260. The van der Waals surface area contributed by atoms with Crippen molar-refractivity contribution >= 4 is 17.7 Å². The molecule has 0 aliphatic rings. The van der Waals surface area contributed by atoms with E-state index in [1.807, 2.05) is 0 Å². The summed E-state index contributed by atoms with van der Waals surface area (Å²) in [4.78, 5) is 10.1. The van der Waals surface area contributed by atoms with Crippen LogP contribution in [0.1, 0.15) is 0 Å². The summed E-state index contributed by atoms with van der Waals surface area (Å²) in [5.74, 6) is -0.811. The molecule has 0 saturated heterocycles. The summed E-state index contributed by atoms with van der Waals surface area (Å²) >= 11 is 1.36. The summed E-state index contributed by atoms with van der Waals surface area (Å²) in [5, 5.41) is 17.2. The Morgan fingerprint density at radius 3 is 2.60 bits per heavy atom. The highest BCUT2D eigenvalue weighted by molar-refractivity contribution is 7.98. The summed E-state index contributed by atoms with van der Waals surface area (Å²) in [6.45, 7) is 0. The Balaban J connectivity index is 3.69. The van der Waals surface area contributed by atoms with Crippen molar-refractivity contribution in [3.8, 4) is 0 Å².